The number of nitrogens with zero attached hydrogens (tertiary/aromatic N) is 1. The smallest absolute Gasteiger partial charge is 0.141 e. The second-order valence-corrected chi connectivity index (χ2v) is 4.69. The summed E-state index contributed by atoms with van der Waals surface area (Å²) in [5.41, 5.74) is 2.45. The first kappa shape index (κ1) is 13.2. The van der Waals surface area contributed by atoms with E-state index in [0.29, 0.717) is 5.52 Å². The Balaban J connectivity index is 1.93. The molecule has 0 aliphatic heterocycles. The highest BCUT2D eigenvalue weighted by Gasteiger charge is 2.01. The lowest BCUT2D eigenvalue weighted by Gasteiger charge is -2.02. The van der Waals surface area contributed by atoms with Crippen LogP contribution in [0.25, 0.3) is 23.1 Å². The SMILES string of the molecule is COc1cccc(/C=C/c2ccc3cccc(O)c3n2)c1. The Bertz CT molecular complexity index is 809. The lowest BCUT2D eigenvalue weighted by molar-refractivity contribution is 0.414. The Kier molecular flexibility index (Phi) is 3.56. The van der Waals surface area contributed by atoms with Gasteiger partial charge in [-0.25, -0.2) is 4.98 Å². The Morgan fingerprint density at radius 2 is 1.86 bits per heavy atom. The molecule has 0 fully saturated rings. The van der Waals surface area contributed by atoms with Gasteiger partial charge in [-0.3, -0.25) is 0 Å². The van der Waals surface area contributed by atoms with Crippen molar-refractivity contribution in [3.05, 3.63) is 65.9 Å². The van der Waals surface area contributed by atoms with Crippen LogP contribution in [0.2, 0.25) is 0 Å². The number of para-hydroxylation sites is 1. The minimum absolute atomic E-state index is 0.198. The van der Waals surface area contributed by atoms with Crippen LogP contribution in [0.1, 0.15) is 11.3 Å². The molecular formula is C18H15NO2. The van der Waals surface area contributed by atoms with E-state index in [1.54, 1.807) is 13.2 Å². The fourth-order valence-corrected chi connectivity index (χ4v) is 2.17. The molecule has 3 nitrogen and oxygen atoms in total. The summed E-state index contributed by atoms with van der Waals surface area (Å²) in [7, 11) is 1.65. The Hall–Kier alpha value is -2.81. The van der Waals surface area contributed by atoms with Crippen LogP contribution >= 0.6 is 0 Å². The normalized spacial score (nSPS) is 11.1. The molecule has 0 aliphatic rings. The summed E-state index contributed by atoms with van der Waals surface area (Å²) < 4.78 is 5.20. The average Bonchev–Trinajstić information content (AvgIpc) is 2.54. The molecule has 21 heavy (non-hydrogen) atoms. The monoisotopic (exact) mass is 277 g/mol. The molecule has 0 radical (unpaired) electrons. The predicted molar refractivity (Wildman–Crippen MR) is 85.3 cm³/mol. The van der Waals surface area contributed by atoms with E-state index in [9.17, 15) is 5.11 Å². The number of benzene rings is 2. The topological polar surface area (TPSA) is 42.4 Å². The third-order valence-electron chi connectivity index (χ3n) is 3.26. The van der Waals surface area contributed by atoms with Gasteiger partial charge in [0.1, 0.15) is 17.0 Å². The van der Waals surface area contributed by atoms with Gasteiger partial charge in [0.2, 0.25) is 0 Å². The summed E-state index contributed by atoms with van der Waals surface area (Å²) in [6.45, 7) is 0. The number of fused-ring (bicyclic) bond motifs is 1. The van der Waals surface area contributed by atoms with Gasteiger partial charge in [-0.1, -0.05) is 36.4 Å². The molecule has 1 aromatic heterocycles. The summed E-state index contributed by atoms with van der Waals surface area (Å²) in [5, 5.41) is 10.8. The van der Waals surface area contributed by atoms with Gasteiger partial charge in [-0.05, 0) is 35.9 Å². The number of phenolic OH excluding ortho intramolecular Hbond substituents is 1. The van der Waals surface area contributed by atoms with Crippen LogP contribution in [0.15, 0.2) is 54.6 Å². The van der Waals surface area contributed by atoms with E-state index >= 15 is 0 Å². The number of rotatable bonds is 3. The first-order valence-electron chi connectivity index (χ1n) is 6.67. The van der Waals surface area contributed by atoms with Gasteiger partial charge in [0.15, 0.2) is 0 Å². The standard InChI is InChI=1S/C18H15NO2/c1-21-16-6-2-4-13(12-16)8-10-15-11-9-14-5-3-7-17(20)18(14)19-15/h2-12,20H,1H3/b10-8+. The molecule has 0 aliphatic carbocycles. The van der Waals surface area contributed by atoms with Crippen LogP contribution in [0.4, 0.5) is 0 Å². The molecule has 0 unspecified atom stereocenters. The van der Waals surface area contributed by atoms with Gasteiger partial charge in [0.25, 0.3) is 0 Å². The van der Waals surface area contributed by atoms with Crippen molar-refractivity contribution >= 4 is 23.1 Å². The van der Waals surface area contributed by atoms with Crippen LogP contribution in [-0.2, 0) is 0 Å². The first-order chi connectivity index (χ1) is 10.3. The van der Waals surface area contributed by atoms with Crippen LogP contribution in [0.3, 0.4) is 0 Å². The minimum atomic E-state index is 0.198. The molecule has 0 bridgehead atoms. The maximum Gasteiger partial charge on any atom is 0.141 e. The predicted octanol–water partition coefficient (Wildman–Crippen LogP) is 4.12. The van der Waals surface area contributed by atoms with E-state index in [4.69, 9.17) is 4.74 Å². The Morgan fingerprint density at radius 3 is 2.71 bits per heavy atom. The number of aromatic nitrogens is 1. The molecule has 3 aromatic rings. The van der Waals surface area contributed by atoms with Crippen molar-refractivity contribution in [2.24, 2.45) is 0 Å². The van der Waals surface area contributed by atoms with Crippen molar-refractivity contribution in [2.75, 3.05) is 7.11 Å². The van der Waals surface area contributed by atoms with Crippen molar-refractivity contribution in [3.8, 4) is 11.5 Å². The molecule has 0 spiro atoms. The van der Waals surface area contributed by atoms with E-state index in [0.717, 1.165) is 22.4 Å². The largest absolute Gasteiger partial charge is 0.506 e. The number of hydrogen-bond donors (Lipinski definition) is 1. The molecule has 0 saturated carbocycles. The number of aromatic hydroxyl groups is 1. The van der Waals surface area contributed by atoms with Gasteiger partial charge in [-0.15, -0.1) is 0 Å². The van der Waals surface area contributed by atoms with Crippen molar-refractivity contribution in [3.63, 3.8) is 0 Å². The van der Waals surface area contributed by atoms with E-state index in [1.165, 1.54) is 0 Å². The van der Waals surface area contributed by atoms with E-state index in [2.05, 4.69) is 4.98 Å². The molecule has 1 heterocycles. The first-order valence-corrected chi connectivity index (χ1v) is 6.67. The van der Waals surface area contributed by atoms with Crippen molar-refractivity contribution in [1.82, 2.24) is 4.98 Å². The Morgan fingerprint density at radius 1 is 1.00 bits per heavy atom. The Labute approximate surface area is 123 Å². The van der Waals surface area contributed by atoms with Crippen molar-refractivity contribution in [2.45, 2.75) is 0 Å². The van der Waals surface area contributed by atoms with Crippen LogP contribution in [0, 0.1) is 0 Å². The maximum atomic E-state index is 9.85. The second-order valence-electron chi connectivity index (χ2n) is 4.69. The van der Waals surface area contributed by atoms with Crippen LogP contribution < -0.4 is 4.74 Å². The molecular weight excluding hydrogens is 262 g/mol. The maximum absolute atomic E-state index is 9.85. The molecule has 1 N–H and O–H groups in total. The van der Waals surface area contributed by atoms with Crippen molar-refractivity contribution < 1.29 is 9.84 Å². The van der Waals surface area contributed by atoms with Gasteiger partial charge in [-0.2, -0.15) is 0 Å². The van der Waals surface area contributed by atoms with Crippen LogP contribution in [0.5, 0.6) is 11.5 Å². The van der Waals surface area contributed by atoms with E-state index in [-0.39, 0.29) is 5.75 Å². The van der Waals surface area contributed by atoms with Crippen molar-refractivity contribution in [1.29, 1.82) is 0 Å². The summed E-state index contributed by atoms with van der Waals surface area (Å²) in [4.78, 5) is 4.46. The third-order valence-corrected chi connectivity index (χ3v) is 3.26. The number of ether oxygens (including phenoxy) is 1. The fraction of sp³-hybridized carbons (Fsp3) is 0.0556. The highest BCUT2D eigenvalue weighted by molar-refractivity contribution is 5.85. The van der Waals surface area contributed by atoms with Gasteiger partial charge in [0, 0.05) is 5.39 Å². The van der Waals surface area contributed by atoms with Gasteiger partial charge in [0.05, 0.1) is 12.8 Å². The number of phenols is 1. The molecule has 2 aromatic carbocycles. The molecule has 0 amide bonds. The molecule has 104 valence electrons. The van der Waals surface area contributed by atoms with Crippen LogP contribution in [-0.4, -0.2) is 17.2 Å². The molecule has 0 saturated heterocycles. The lowest BCUT2D eigenvalue weighted by Crippen LogP contribution is -1.84. The highest BCUT2D eigenvalue weighted by atomic mass is 16.5. The zero-order valence-corrected chi connectivity index (χ0v) is 11.7. The number of pyridine rings is 1. The quantitative estimate of drug-likeness (QED) is 0.783. The van der Waals surface area contributed by atoms with E-state index in [1.807, 2.05) is 60.7 Å². The second kappa shape index (κ2) is 5.67. The summed E-state index contributed by atoms with van der Waals surface area (Å²) in [6, 6.07) is 17.1. The molecule has 0 atom stereocenters. The number of hydrogen-bond acceptors (Lipinski definition) is 3. The van der Waals surface area contributed by atoms with E-state index < -0.39 is 0 Å². The summed E-state index contributed by atoms with van der Waals surface area (Å²) in [6.07, 6.45) is 3.89. The highest BCUT2D eigenvalue weighted by Crippen LogP contribution is 2.23. The molecule has 3 heteroatoms. The fourth-order valence-electron chi connectivity index (χ4n) is 2.17. The summed E-state index contributed by atoms with van der Waals surface area (Å²) in [5.74, 6) is 1.02. The average molecular weight is 277 g/mol. The van der Waals surface area contributed by atoms with Gasteiger partial charge < -0.3 is 9.84 Å². The zero-order chi connectivity index (χ0) is 14.7. The third kappa shape index (κ3) is 2.87. The summed E-state index contributed by atoms with van der Waals surface area (Å²) >= 11 is 0. The lowest BCUT2D eigenvalue weighted by atomic mass is 10.1. The minimum Gasteiger partial charge on any atom is -0.506 e. The molecule has 3 rings (SSSR count). The van der Waals surface area contributed by atoms with Gasteiger partial charge >= 0.3 is 0 Å². The number of methoxy groups -OCH3 is 1. The zero-order valence-electron chi connectivity index (χ0n) is 11.7.